The number of aromatic carboxylic acids is 1. The lowest BCUT2D eigenvalue weighted by Crippen LogP contribution is -2.02. The molecule has 4 heteroatoms. The summed E-state index contributed by atoms with van der Waals surface area (Å²) in [5, 5.41) is 13.3. The van der Waals surface area contributed by atoms with Gasteiger partial charge >= 0.3 is 5.97 Å². The van der Waals surface area contributed by atoms with E-state index in [1.165, 1.54) is 12.8 Å². The van der Waals surface area contributed by atoms with Crippen LogP contribution in [0, 0.1) is 6.92 Å². The number of hydrogen-bond acceptors (Lipinski definition) is 2. The van der Waals surface area contributed by atoms with Gasteiger partial charge in [0, 0.05) is 17.8 Å². The van der Waals surface area contributed by atoms with Gasteiger partial charge in [0.15, 0.2) is 0 Å². The molecule has 0 amide bonds. The predicted octanol–water partition coefficient (Wildman–Crippen LogP) is 3.75. The Balaban J connectivity index is 2.18. The molecule has 0 bridgehead atoms. The molecule has 0 saturated heterocycles. The number of benzene rings is 1. The minimum atomic E-state index is -0.900. The lowest BCUT2D eigenvalue weighted by Gasteiger charge is -2.05. The van der Waals surface area contributed by atoms with Gasteiger partial charge in [-0.05, 0) is 31.0 Å². The van der Waals surface area contributed by atoms with Gasteiger partial charge in [-0.3, -0.25) is 4.68 Å². The molecule has 1 aromatic carbocycles. The smallest absolute Gasteiger partial charge is 0.335 e. The van der Waals surface area contributed by atoms with E-state index in [4.69, 9.17) is 5.11 Å². The van der Waals surface area contributed by atoms with Crippen LogP contribution in [0.2, 0.25) is 0 Å². The second-order valence-electron chi connectivity index (χ2n) is 4.96. The Hall–Kier alpha value is -2.10. The van der Waals surface area contributed by atoms with Gasteiger partial charge in [-0.25, -0.2) is 4.79 Å². The molecule has 1 N–H and O–H groups in total. The summed E-state index contributed by atoms with van der Waals surface area (Å²) in [7, 11) is 0. The summed E-state index contributed by atoms with van der Waals surface area (Å²) in [5.74, 6) is -0.900. The highest BCUT2D eigenvalue weighted by Gasteiger charge is 2.09. The van der Waals surface area contributed by atoms with Crippen molar-refractivity contribution in [3.8, 4) is 11.1 Å². The third kappa shape index (κ3) is 3.07. The van der Waals surface area contributed by atoms with Crippen molar-refractivity contribution in [1.29, 1.82) is 0 Å². The van der Waals surface area contributed by atoms with E-state index in [9.17, 15) is 4.79 Å². The molecule has 0 aliphatic heterocycles. The lowest BCUT2D eigenvalue weighted by atomic mass is 10.0. The largest absolute Gasteiger partial charge is 0.478 e. The van der Waals surface area contributed by atoms with Crippen LogP contribution in [0.25, 0.3) is 11.1 Å². The number of carbonyl (C=O) groups is 1. The summed E-state index contributed by atoms with van der Waals surface area (Å²) in [6, 6.07) is 6.94. The van der Waals surface area contributed by atoms with E-state index in [-0.39, 0.29) is 0 Å². The molecule has 20 heavy (non-hydrogen) atoms. The molecule has 4 nitrogen and oxygen atoms in total. The quantitative estimate of drug-likeness (QED) is 0.815. The number of rotatable bonds is 6. The zero-order chi connectivity index (χ0) is 14.5. The SMILES string of the molecule is CCCCCn1ncc(-c2ccc(C(=O)O)cc2)c1C. The Labute approximate surface area is 119 Å². The first-order valence-electron chi connectivity index (χ1n) is 6.99. The van der Waals surface area contributed by atoms with Gasteiger partial charge in [-0.2, -0.15) is 5.10 Å². The molecule has 2 aromatic rings. The van der Waals surface area contributed by atoms with Crippen molar-refractivity contribution in [3.05, 3.63) is 41.7 Å². The highest BCUT2D eigenvalue weighted by Crippen LogP contribution is 2.23. The number of nitrogens with zero attached hydrogens (tertiary/aromatic N) is 2. The van der Waals surface area contributed by atoms with Crippen molar-refractivity contribution < 1.29 is 9.90 Å². The van der Waals surface area contributed by atoms with Crippen molar-refractivity contribution in [1.82, 2.24) is 9.78 Å². The van der Waals surface area contributed by atoms with E-state index < -0.39 is 5.97 Å². The van der Waals surface area contributed by atoms with Gasteiger partial charge in [-0.1, -0.05) is 31.9 Å². The van der Waals surface area contributed by atoms with Crippen molar-refractivity contribution in [2.45, 2.75) is 39.7 Å². The summed E-state index contributed by atoms with van der Waals surface area (Å²) < 4.78 is 2.02. The van der Waals surface area contributed by atoms with Crippen molar-refractivity contribution in [2.24, 2.45) is 0 Å². The summed E-state index contributed by atoms with van der Waals surface area (Å²) in [4.78, 5) is 10.9. The zero-order valence-corrected chi connectivity index (χ0v) is 12.0. The average molecular weight is 272 g/mol. The summed E-state index contributed by atoms with van der Waals surface area (Å²) >= 11 is 0. The first kappa shape index (κ1) is 14.3. The number of aromatic nitrogens is 2. The van der Waals surface area contributed by atoms with Crippen LogP contribution in [0.1, 0.15) is 42.2 Å². The predicted molar refractivity (Wildman–Crippen MR) is 78.9 cm³/mol. The molecule has 0 spiro atoms. The number of carboxylic acid groups (broad SMARTS) is 1. The van der Waals surface area contributed by atoms with Crippen LogP contribution in [0.3, 0.4) is 0 Å². The molecule has 0 radical (unpaired) electrons. The highest BCUT2D eigenvalue weighted by atomic mass is 16.4. The molecule has 2 rings (SSSR count). The lowest BCUT2D eigenvalue weighted by molar-refractivity contribution is 0.0697. The summed E-state index contributed by atoms with van der Waals surface area (Å²) in [6.45, 7) is 5.18. The minimum Gasteiger partial charge on any atom is -0.478 e. The van der Waals surface area contributed by atoms with E-state index in [1.54, 1.807) is 12.1 Å². The molecule has 0 aliphatic carbocycles. The Morgan fingerprint density at radius 3 is 2.55 bits per heavy atom. The van der Waals surface area contributed by atoms with Crippen LogP contribution < -0.4 is 0 Å². The highest BCUT2D eigenvalue weighted by molar-refractivity contribution is 5.88. The first-order chi connectivity index (χ1) is 9.63. The van der Waals surface area contributed by atoms with E-state index in [0.29, 0.717) is 5.56 Å². The number of carboxylic acids is 1. The fraction of sp³-hybridized carbons (Fsp3) is 0.375. The van der Waals surface area contributed by atoms with Crippen molar-refractivity contribution >= 4 is 5.97 Å². The average Bonchev–Trinajstić information content (AvgIpc) is 2.81. The van der Waals surface area contributed by atoms with E-state index in [0.717, 1.165) is 29.8 Å². The standard InChI is InChI=1S/C16H20N2O2/c1-3-4-5-10-18-12(2)15(11-17-18)13-6-8-14(9-7-13)16(19)20/h6-9,11H,3-5,10H2,1-2H3,(H,19,20). The normalized spacial score (nSPS) is 10.7. The fourth-order valence-corrected chi connectivity index (χ4v) is 2.26. The van der Waals surface area contributed by atoms with E-state index in [2.05, 4.69) is 18.9 Å². The third-order valence-corrected chi connectivity index (χ3v) is 3.52. The molecule has 1 heterocycles. The second-order valence-corrected chi connectivity index (χ2v) is 4.96. The van der Waals surface area contributed by atoms with Gasteiger partial charge in [-0.15, -0.1) is 0 Å². The van der Waals surface area contributed by atoms with Crippen LogP contribution in [-0.2, 0) is 6.54 Å². The van der Waals surface area contributed by atoms with Crippen LogP contribution in [-0.4, -0.2) is 20.9 Å². The molecule has 0 saturated carbocycles. The summed E-state index contributed by atoms with van der Waals surface area (Å²) in [5.41, 5.74) is 3.51. The molecule has 0 unspecified atom stereocenters. The van der Waals surface area contributed by atoms with Crippen LogP contribution in [0.4, 0.5) is 0 Å². The molecule has 106 valence electrons. The summed E-state index contributed by atoms with van der Waals surface area (Å²) in [6.07, 6.45) is 5.40. The number of hydrogen-bond donors (Lipinski definition) is 1. The molecule has 0 aliphatic rings. The van der Waals surface area contributed by atoms with E-state index in [1.807, 2.05) is 23.0 Å². The third-order valence-electron chi connectivity index (χ3n) is 3.52. The van der Waals surface area contributed by atoms with Gasteiger partial charge in [0.25, 0.3) is 0 Å². The maximum atomic E-state index is 10.9. The van der Waals surface area contributed by atoms with Crippen LogP contribution in [0.5, 0.6) is 0 Å². The Morgan fingerprint density at radius 2 is 1.95 bits per heavy atom. The molecule has 1 aromatic heterocycles. The monoisotopic (exact) mass is 272 g/mol. The van der Waals surface area contributed by atoms with Gasteiger partial charge in [0.1, 0.15) is 0 Å². The Morgan fingerprint density at radius 1 is 1.25 bits per heavy atom. The fourth-order valence-electron chi connectivity index (χ4n) is 2.26. The van der Waals surface area contributed by atoms with Gasteiger partial charge < -0.3 is 5.11 Å². The van der Waals surface area contributed by atoms with Crippen LogP contribution >= 0.6 is 0 Å². The second kappa shape index (κ2) is 6.37. The van der Waals surface area contributed by atoms with Crippen molar-refractivity contribution in [3.63, 3.8) is 0 Å². The minimum absolute atomic E-state index is 0.307. The maximum Gasteiger partial charge on any atom is 0.335 e. The topological polar surface area (TPSA) is 55.1 Å². The van der Waals surface area contributed by atoms with Crippen molar-refractivity contribution in [2.75, 3.05) is 0 Å². The molecule has 0 atom stereocenters. The molecular weight excluding hydrogens is 252 g/mol. The van der Waals surface area contributed by atoms with Gasteiger partial charge in [0.05, 0.1) is 11.8 Å². The Bertz CT molecular complexity index is 585. The number of unbranched alkanes of at least 4 members (excludes halogenated alkanes) is 2. The number of aryl methyl sites for hydroxylation is 1. The zero-order valence-electron chi connectivity index (χ0n) is 12.0. The van der Waals surface area contributed by atoms with Gasteiger partial charge in [0.2, 0.25) is 0 Å². The Kier molecular flexibility index (Phi) is 4.56. The maximum absolute atomic E-state index is 10.9. The molecular formula is C16H20N2O2. The first-order valence-corrected chi connectivity index (χ1v) is 6.99. The molecule has 0 fully saturated rings. The van der Waals surface area contributed by atoms with E-state index >= 15 is 0 Å². The van der Waals surface area contributed by atoms with Crippen LogP contribution in [0.15, 0.2) is 30.5 Å².